The number of carbonyl (C=O) groups excluding carboxylic acids is 2. The van der Waals surface area contributed by atoms with E-state index in [0.717, 1.165) is 28.7 Å². The van der Waals surface area contributed by atoms with Gasteiger partial charge in [-0.1, -0.05) is 82.1 Å². The highest BCUT2D eigenvalue weighted by Crippen LogP contribution is 2.44. The number of amides is 2. The van der Waals surface area contributed by atoms with Crippen LogP contribution in [0.1, 0.15) is 57.1 Å². The summed E-state index contributed by atoms with van der Waals surface area (Å²) in [5.74, 6) is -1.98. The number of aliphatic carboxylic acids is 1. The monoisotopic (exact) mass is 452 g/mol. The number of carboxylic acids is 1. The smallest absolute Gasteiger partial charge is 0.407 e. The van der Waals surface area contributed by atoms with Crippen LogP contribution < -0.4 is 10.6 Å². The predicted octanol–water partition coefficient (Wildman–Crippen LogP) is 4.31. The maximum atomic E-state index is 12.7. The molecule has 0 radical (unpaired) electrons. The molecule has 0 fully saturated rings. The zero-order valence-electron chi connectivity index (χ0n) is 19.3. The molecule has 0 spiro atoms. The first-order valence-electron chi connectivity index (χ1n) is 11.5. The topological polar surface area (TPSA) is 105 Å². The number of carboxylic acid groups (broad SMARTS) is 1. The molecule has 0 aromatic heterocycles. The maximum absolute atomic E-state index is 12.7. The van der Waals surface area contributed by atoms with Gasteiger partial charge in [-0.2, -0.15) is 0 Å². The molecule has 0 aliphatic heterocycles. The van der Waals surface area contributed by atoms with E-state index in [1.807, 2.05) is 43.3 Å². The fourth-order valence-electron chi connectivity index (χ4n) is 4.23. The van der Waals surface area contributed by atoms with Crippen molar-refractivity contribution in [3.05, 3.63) is 59.7 Å². The van der Waals surface area contributed by atoms with E-state index < -0.39 is 30.1 Å². The standard InChI is InChI=1S/C26H32N2O5/c1-4-5-14-22(24(29)28-23(16(2)3)25(30)31)27-26(32)33-15-21-19-12-8-6-10-17(19)18-11-7-9-13-20(18)21/h6-13,16,21-23H,4-5,14-15H2,1-3H3,(H,27,32)(H,28,29)(H,30,31)/t22-,23-/m0/s1. The van der Waals surface area contributed by atoms with Crippen molar-refractivity contribution in [2.75, 3.05) is 6.61 Å². The van der Waals surface area contributed by atoms with Gasteiger partial charge in [0.15, 0.2) is 0 Å². The Morgan fingerprint density at radius 3 is 2.06 bits per heavy atom. The van der Waals surface area contributed by atoms with Crippen LogP contribution in [0.4, 0.5) is 4.79 Å². The van der Waals surface area contributed by atoms with E-state index in [0.29, 0.717) is 12.8 Å². The van der Waals surface area contributed by atoms with Crippen molar-refractivity contribution in [3.8, 4) is 11.1 Å². The van der Waals surface area contributed by atoms with Crippen molar-refractivity contribution in [1.82, 2.24) is 10.6 Å². The number of fused-ring (bicyclic) bond motifs is 3. The number of carbonyl (C=O) groups is 3. The van der Waals surface area contributed by atoms with E-state index in [1.54, 1.807) is 13.8 Å². The Labute approximate surface area is 194 Å². The molecule has 2 amide bonds. The third-order valence-electron chi connectivity index (χ3n) is 6.03. The molecule has 2 aromatic rings. The van der Waals surface area contributed by atoms with Crippen molar-refractivity contribution in [3.63, 3.8) is 0 Å². The van der Waals surface area contributed by atoms with Crippen LogP contribution in [0.3, 0.4) is 0 Å². The summed E-state index contributed by atoms with van der Waals surface area (Å²) in [6, 6.07) is 14.2. The van der Waals surface area contributed by atoms with Crippen molar-refractivity contribution in [1.29, 1.82) is 0 Å². The number of ether oxygens (including phenoxy) is 1. The molecular weight excluding hydrogens is 420 g/mol. The lowest BCUT2D eigenvalue weighted by Gasteiger charge is -2.23. The Hall–Kier alpha value is -3.35. The van der Waals surface area contributed by atoms with Gasteiger partial charge in [0.2, 0.25) is 5.91 Å². The summed E-state index contributed by atoms with van der Waals surface area (Å²) in [7, 11) is 0. The van der Waals surface area contributed by atoms with Crippen molar-refractivity contribution < 1.29 is 24.2 Å². The molecule has 1 aliphatic carbocycles. The number of benzene rings is 2. The highest BCUT2D eigenvalue weighted by atomic mass is 16.5. The molecule has 2 aromatic carbocycles. The molecule has 3 N–H and O–H groups in total. The number of hydrogen-bond donors (Lipinski definition) is 3. The minimum absolute atomic E-state index is 0.0802. The summed E-state index contributed by atoms with van der Waals surface area (Å²) in [5, 5.41) is 14.6. The van der Waals surface area contributed by atoms with Crippen LogP contribution in [-0.4, -0.2) is 41.8 Å². The fourth-order valence-corrected chi connectivity index (χ4v) is 4.23. The Morgan fingerprint density at radius 1 is 0.970 bits per heavy atom. The second-order valence-electron chi connectivity index (χ2n) is 8.73. The molecule has 0 saturated carbocycles. The number of unbranched alkanes of at least 4 members (excludes halogenated alkanes) is 1. The lowest BCUT2D eigenvalue weighted by Crippen LogP contribution is -2.53. The molecule has 0 unspecified atom stereocenters. The van der Waals surface area contributed by atoms with Gasteiger partial charge >= 0.3 is 12.1 Å². The Balaban J connectivity index is 1.66. The lowest BCUT2D eigenvalue weighted by atomic mass is 9.98. The molecule has 2 atom stereocenters. The summed E-state index contributed by atoms with van der Waals surface area (Å²) in [4.78, 5) is 36.8. The van der Waals surface area contributed by atoms with Gasteiger partial charge in [-0.3, -0.25) is 4.79 Å². The first kappa shape index (κ1) is 24.3. The highest BCUT2D eigenvalue weighted by molar-refractivity contribution is 5.89. The highest BCUT2D eigenvalue weighted by Gasteiger charge is 2.31. The van der Waals surface area contributed by atoms with Gasteiger partial charge in [-0.15, -0.1) is 0 Å². The largest absolute Gasteiger partial charge is 0.480 e. The molecule has 1 aliphatic rings. The normalized spacial score (nSPS) is 14.2. The van der Waals surface area contributed by atoms with Crippen LogP contribution in [0.25, 0.3) is 11.1 Å². The van der Waals surface area contributed by atoms with Gasteiger partial charge in [0.25, 0.3) is 0 Å². The zero-order valence-corrected chi connectivity index (χ0v) is 19.3. The molecule has 0 saturated heterocycles. The van der Waals surface area contributed by atoms with Crippen molar-refractivity contribution in [2.45, 2.75) is 58.0 Å². The predicted molar refractivity (Wildman–Crippen MR) is 126 cm³/mol. The molecule has 33 heavy (non-hydrogen) atoms. The van der Waals surface area contributed by atoms with Crippen LogP contribution in [0, 0.1) is 5.92 Å². The quantitative estimate of drug-likeness (QED) is 0.498. The number of nitrogens with one attached hydrogen (secondary N) is 2. The third-order valence-corrected chi connectivity index (χ3v) is 6.03. The molecule has 3 rings (SSSR count). The molecule has 0 bridgehead atoms. The summed E-state index contributed by atoms with van der Waals surface area (Å²) >= 11 is 0. The Morgan fingerprint density at radius 2 is 1.55 bits per heavy atom. The van der Waals surface area contributed by atoms with Gasteiger partial charge in [0.1, 0.15) is 18.7 Å². The number of alkyl carbamates (subject to hydrolysis) is 1. The van der Waals surface area contributed by atoms with Crippen LogP contribution in [0.2, 0.25) is 0 Å². The molecular formula is C26H32N2O5. The molecule has 0 heterocycles. The van der Waals surface area contributed by atoms with Crippen molar-refractivity contribution in [2.24, 2.45) is 5.92 Å². The van der Waals surface area contributed by atoms with Gasteiger partial charge in [-0.05, 0) is 34.6 Å². The van der Waals surface area contributed by atoms with Crippen molar-refractivity contribution >= 4 is 18.0 Å². The number of rotatable bonds is 10. The lowest BCUT2D eigenvalue weighted by molar-refractivity contribution is -0.143. The summed E-state index contributed by atoms with van der Waals surface area (Å²) < 4.78 is 5.55. The van der Waals surface area contributed by atoms with E-state index in [-0.39, 0.29) is 18.4 Å². The summed E-state index contributed by atoms with van der Waals surface area (Å²) in [6.45, 7) is 5.57. The van der Waals surface area contributed by atoms with Gasteiger partial charge in [-0.25, -0.2) is 9.59 Å². The third kappa shape index (κ3) is 5.72. The van der Waals surface area contributed by atoms with Crippen LogP contribution in [0.5, 0.6) is 0 Å². The maximum Gasteiger partial charge on any atom is 0.407 e. The summed E-state index contributed by atoms with van der Waals surface area (Å²) in [5.41, 5.74) is 4.48. The first-order valence-corrected chi connectivity index (χ1v) is 11.5. The van der Waals surface area contributed by atoms with E-state index in [9.17, 15) is 19.5 Å². The SMILES string of the molecule is CCCC[C@H](NC(=O)OCC1c2ccccc2-c2ccccc21)C(=O)N[C@H](C(=O)O)C(C)C. The molecule has 176 valence electrons. The fraction of sp³-hybridized carbons (Fsp3) is 0.423. The van der Waals surface area contributed by atoms with Gasteiger partial charge in [0, 0.05) is 5.92 Å². The second kappa shape index (κ2) is 11.0. The zero-order chi connectivity index (χ0) is 24.0. The number of hydrogen-bond acceptors (Lipinski definition) is 4. The van der Waals surface area contributed by atoms with E-state index >= 15 is 0 Å². The van der Waals surface area contributed by atoms with Crippen LogP contribution >= 0.6 is 0 Å². The van der Waals surface area contributed by atoms with Gasteiger partial charge < -0.3 is 20.5 Å². The first-order chi connectivity index (χ1) is 15.8. The minimum atomic E-state index is -1.10. The van der Waals surface area contributed by atoms with Crippen LogP contribution in [0.15, 0.2) is 48.5 Å². The van der Waals surface area contributed by atoms with E-state index in [4.69, 9.17) is 4.74 Å². The van der Waals surface area contributed by atoms with Gasteiger partial charge in [0.05, 0.1) is 0 Å². The summed E-state index contributed by atoms with van der Waals surface area (Å²) in [6.07, 6.45) is 1.26. The molecule has 7 heteroatoms. The minimum Gasteiger partial charge on any atom is -0.480 e. The Kier molecular flexibility index (Phi) is 8.09. The second-order valence-corrected chi connectivity index (χ2v) is 8.73. The van der Waals surface area contributed by atoms with E-state index in [1.165, 1.54) is 0 Å². The average molecular weight is 453 g/mol. The average Bonchev–Trinajstić information content (AvgIpc) is 3.12. The van der Waals surface area contributed by atoms with Crippen LogP contribution in [-0.2, 0) is 14.3 Å². The van der Waals surface area contributed by atoms with E-state index in [2.05, 4.69) is 22.8 Å². The molecule has 7 nitrogen and oxygen atoms in total. The Bertz CT molecular complexity index is 958.